The monoisotopic (exact) mass is 424 g/mol. The Morgan fingerprint density at radius 2 is 1.15 bits per heavy atom. The normalized spacial score (nSPS) is 38.5. The van der Waals surface area contributed by atoms with Gasteiger partial charge >= 0.3 is 24.2 Å². The summed E-state index contributed by atoms with van der Waals surface area (Å²) in [6.07, 6.45) is -34.8. The molecule has 0 aromatic carbocycles. The molecule has 156 valence electrons. The molecular weight excluding hydrogens is 417 g/mol. The SMILES string of the molecule is CC1(F)C(F)C(F)C(C(F)(F)F)(C(F)(F)C(F)(F)C(F)C(F)(F)F)C1F. The van der Waals surface area contributed by atoms with Crippen LogP contribution >= 0.6 is 0 Å². The molecule has 0 heterocycles. The highest BCUT2D eigenvalue weighted by Crippen LogP contribution is 2.69. The summed E-state index contributed by atoms with van der Waals surface area (Å²) in [6.45, 7) is -0.521. The second-order valence-corrected chi connectivity index (χ2v) is 5.79. The van der Waals surface area contributed by atoms with Crippen molar-refractivity contribution in [3.63, 3.8) is 0 Å². The maximum Gasteiger partial charge on any atom is 0.425 e. The molecule has 0 aliphatic heterocycles. The molecular formula is C11H7F15. The van der Waals surface area contributed by atoms with Crippen molar-refractivity contribution in [2.24, 2.45) is 5.41 Å². The molecule has 0 amide bonds. The average Bonchev–Trinajstić information content (AvgIpc) is 2.55. The van der Waals surface area contributed by atoms with Gasteiger partial charge < -0.3 is 0 Å². The van der Waals surface area contributed by atoms with Crippen molar-refractivity contribution in [3.05, 3.63) is 0 Å². The molecule has 15 heteroatoms. The van der Waals surface area contributed by atoms with Crippen LogP contribution in [0.4, 0.5) is 65.9 Å². The Morgan fingerprint density at radius 1 is 0.769 bits per heavy atom. The average molecular weight is 424 g/mol. The van der Waals surface area contributed by atoms with E-state index < -0.39 is 66.9 Å². The van der Waals surface area contributed by atoms with Gasteiger partial charge in [0.2, 0.25) is 5.41 Å². The van der Waals surface area contributed by atoms with Crippen molar-refractivity contribution in [1.82, 2.24) is 0 Å². The lowest BCUT2D eigenvalue weighted by atomic mass is 9.71. The van der Waals surface area contributed by atoms with E-state index in [2.05, 4.69) is 0 Å². The summed E-state index contributed by atoms with van der Waals surface area (Å²) < 4.78 is 197. The van der Waals surface area contributed by atoms with Gasteiger partial charge in [-0.1, -0.05) is 0 Å². The first-order valence-corrected chi connectivity index (χ1v) is 6.27. The topological polar surface area (TPSA) is 0 Å². The van der Waals surface area contributed by atoms with Gasteiger partial charge in [-0.2, -0.15) is 43.9 Å². The first-order valence-electron chi connectivity index (χ1n) is 6.27. The smallest absolute Gasteiger partial charge is 0.243 e. The molecule has 0 spiro atoms. The van der Waals surface area contributed by atoms with Gasteiger partial charge in [-0.3, -0.25) is 0 Å². The molecule has 6 atom stereocenters. The third-order valence-corrected chi connectivity index (χ3v) is 4.14. The van der Waals surface area contributed by atoms with E-state index >= 15 is 0 Å². The van der Waals surface area contributed by atoms with Gasteiger partial charge in [-0.15, -0.1) is 0 Å². The number of alkyl halides is 15. The predicted octanol–water partition coefficient (Wildman–Crippen LogP) is 5.46. The predicted molar refractivity (Wildman–Crippen MR) is 53.5 cm³/mol. The first kappa shape index (κ1) is 23.0. The quantitative estimate of drug-likeness (QED) is 0.528. The molecule has 0 radical (unpaired) electrons. The Bertz CT molecular complexity index is 531. The Balaban J connectivity index is 3.82. The van der Waals surface area contributed by atoms with Crippen molar-refractivity contribution < 1.29 is 65.9 Å². The Morgan fingerprint density at radius 3 is 1.38 bits per heavy atom. The van der Waals surface area contributed by atoms with Gasteiger partial charge in [0.15, 0.2) is 24.2 Å². The Hall–Kier alpha value is -1.05. The van der Waals surface area contributed by atoms with Gasteiger partial charge in [-0.25, -0.2) is 22.0 Å². The summed E-state index contributed by atoms with van der Waals surface area (Å²) in [4.78, 5) is 0. The zero-order valence-electron chi connectivity index (χ0n) is 12.0. The molecule has 26 heavy (non-hydrogen) atoms. The lowest BCUT2D eigenvalue weighted by Crippen LogP contribution is -2.70. The minimum atomic E-state index is -7.57. The van der Waals surface area contributed by atoms with Crippen molar-refractivity contribution in [1.29, 1.82) is 0 Å². The molecule has 1 aliphatic carbocycles. The van der Waals surface area contributed by atoms with Gasteiger partial charge in [0.1, 0.15) is 0 Å². The van der Waals surface area contributed by atoms with Gasteiger partial charge in [0.05, 0.1) is 0 Å². The molecule has 0 saturated heterocycles. The fourth-order valence-electron chi connectivity index (χ4n) is 2.69. The number of hydrogen-bond donors (Lipinski definition) is 0. The second-order valence-electron chi connectivity index (χ2n) is 5.79. The fraction of sp³-hybridized carbons (Fsp3) is 1.00. The van der Waals surface area contributed by atoms with Crippen molar-refractivity contribution in [3.8, 4) is 0 Å². The van der Waals surface area contributed by atoms with Gasteiger partial charge in [0.25, 0.3) is 6.17 Å². The van der Waals surface area contributed by atoms with Crippen molar-refractivity contribution in [2.45, 2.75) is 61.5 Å². The maximum absolute atomic E-state index is 13.8. The second kappa shape index (κ2) is 5.72. The molecule has 1 saturated carbocycles. The third kappa shape index (κ3) is 2.54. The molecule has 0 bridgehead atoms. The van der Waals surface area contributed by atoms with Crippen LogP contribution < -0.4 is 0 Å². The first-order chi connectivity index (χ1) is 11.1. The van der Waals surface area contributed by atoms with Crippen molar-refractivity contribution in [2.75, 3.05) is 0 Å². The van der Waals surface area contributed by atoms with E-state index in [1.54, 1.807) is 0 Å². The Kier molecular flexibility index (Phi) is 5.06. The molecule has 1 fully saturated rings. The highest BCUT2D eigenvalue weighted by molar-refractivity contribution is 5.25. The molecule has 0 aromatic rings. The van der Waals surface area contributed by atoms with Gasteiger partial charge in [-0.05, 0) is 6.92 Å². The molecule has 0 N–H and O–H groups in total. The van der Waals surface area contributed by atoms with Crippen LogP contribution in [0, 0.1) is 5.41 Å². The lowest BCUT2D eigenvalue weighted by molar-refractivity contribution is -0.400. The summed E-state index contributed by atoms with van der Waals surface area (Å²) in [6, 6.07) is 0. The molecule has 0 aromatic heterocycles. The van der Waals surface area contributed by atoms with Crippen LogP contribution in [0.5, 0.6) is 0 Å². The zero-order valence-corrected chi connectivity index (χ0v) is 12.0. The molecule has 6 unspecified atom stereocenters. The van der Waals surface area contributed by atoms with Crippen molar-refractivity contribution >= 4 is 0 Å². The maximum atomic E-state index is 13.8. The van der Waals surface area contributed by atoms with Crippen LogP contribution in [0.25, 0.3) is 0 Å². The zero-order chi connectivity index (χ0) is 21.3. The highest BCUT2D eigenvalue weighted by atomic mass is 19.4. The molecule has 1 rings (SSSR count). The van der Waals surface area contributed by atoms with E-state index in [1.807, 2.05) is 0 Å². The van der Waals surface area contributed by atoms with E-state index in [-0.39, 0.29) is 0 Å². The highest BCUT2D eigenvalue weighted by Gasteiger charge is 2.93. The van der Waals surface area contributed by atoms with Crippen LogP contribution in [0.2, 0.25) is 0 Å². The van der Waals surface area contributed by atoms with E-state index in [9.17, 15) is 65.9 Å². The summed E-state index contributed by atoms with van der Waals surface area (Å²) in [7, 11) is 0. The van der Waals surface area contributed by atoms with E-state index in [4.69, 9.17) is 0 Å². The van der Waals surface area contributed by atoms with E-state index in [0.29, 0.717) is 0 Å². The summed E-state index contributed by atoms with van der Waals surface area (Å²) in [5.41, 5.74) is -11.4. The summed E-state index contributed by atoms with van der Waals surface area (Å²) >= 11 is 0. The van der Waals surface area contributed by atoms with E-state index in [0.717, 1.165) is 0 Å². The summed E-state index contributed by atoms with van der Waals surface area (Å²) in [5.74, 6) is -15.0. The van der Waals surface area contributed by atoms with Crippen LogP contribution in [0.3, 0.4) is 0 Å². The fourth-order valence-corrected chi connectivity index (χ4v) is 2.69. The van der Waals surface area contributed by atoms with Crippen LogP contribution in [0.15, 0.2) is 0 Å². The summed E-state index contributed by atoms with van der Waals surface area (Å²) in [5, 5.41) is 0. The Labute approximate surface area is 134 Å². The molecule has 1 aliphatic rings. The van der Waals surface area contributed by atoms with Crippen LogP contribution in [-0.4, -0.2) is 54.6 Å². The number of halogens is 15. The van der Waals surface area contributed by atoms with Gasteiger partial charge in [0, 0.05) is 0 Å². The van der Waals surface area contributed by atoms with E-state index in [1.165, 1.54) is 0 Å². The minimum absolute atomic E-state index is 0.521. The lowest BCUT2D eigenvalue weighted by Gasteiger charge is -2.45. The minimum Gasteiger partial charge on any atom is -0.243 e. The molecule has 0 nitrogen and oxygen atoms in total. The van der Waals surface area contributed by atoms with Crippen LogP contribution in [-0.2, 0) is 0 Å². The number of rotatable bonds is 3. The van der Waals surface area contributed by atoms with Crippen LogP contribution in [0.1, 0.15) is 6.92 Å². The third-order valence-electron chi connectivity index (χ3n) is 4.14. The number of hydrogen-bond acceptors (Lipinski definition) is 0. The largest absolute Gasteiger partial charge is 0.425 e. The standard InChI is InChI=1S/C11H7F15/c1-6(16)2(12)3(13)7(4(6)14,11(24,25)26)10(22,23)8(17,18)5(15)9(19,20)21/h2-5H,1H3.